The first-order valence-corrected chi connectivity index (χ1v) is 5.45. The highest BCUT2D eigenvalue weighted by molar-refractivity contribution is 4.97. The molecule has 1 N–H and O–H groups in total. The molecule has 76 valence electrons. The summed E-state index contributed by atoms with van der Waals surface area (Å²) >= 11 is 0. The number of nitrogens with one attached hydrogen (secondary N) is 1. The SMILES string of the molecule is c1cnn(C2CC3(CCNCC3)C2)n1. The first-order valence-electron chi connectivity index (χ1n) is 5.45. The average Bonchev–Trinajstić information content (AvgIpc) is 2.68. The van der Waals surface area contributed by atoms with Gasteiger partial charge < -0.3 is 5.32 Å². The standard InChI is InChI=1S/C10H16N4/c1-3-11-4-2-10(1)7-9(8-10)14-12-5-6-13-14/h5-6,9,11H,1-4,7-8H2. The average molecular weight is 192 g/mol. The fourth-order valence-electron chi connectivity index (χ4n) is 2.88. The van der Waals surface area contributed by atoms with Crippen LogP contribution in [0.4, 0.5) is 0 Å². The van der Waals surface area contributed by atoms with E-state index < -0.39 is 0 Å². The van der Waals surface area contributed by atoms with Crippen molar-refractivity contribution in [2.24, 2.45) is 5.41 Å². The summed E-state index contributed by atoms with van der Waals surface area (Å²) in [5, 5.41) is 11.8. The second kappa shape index (κ2) is 3.05. The lowest BCUT2D eigenvalue weighted by Crippen LogP contribution is -2.46. The van der Waals surface area contributed by atoms with Crippen molar-refractivity contribution in [1.82, 2.24) is 20.3 Å². The summed E-state index contributed by atoms with van der Waals surface area (Å²) in [4.78, 5) is 1.88. The van der Waals surface area contributed by atoms with E-state index in [0.717, 1.165) is 0 Å². The van der Waals surface area contributed by atoms with Crippen molar-refractivity contribution >= 4 is 0 Å². The fraction of sp³-hybridized carbons (Fsp3) is 0.800. The van der Waals surface area contributed by atoms with Gasteiger partial charge in [-0.3, -0.25) is 0 Å². The maximum Gasteiger partial charge on any atom is 0.0727 e. The van der Waals surface area contributed by atoms with E-state index in [1.807, 2.05) is 4.80 Å². The van der Waals surface area contributed by atoms with Crippen LogP contribution in [0.25, 0.3) is 0 Å². The molecule has 0 aromatic carbocycles. The van der Waals surface area contributed by atoms with Crippen LogP contribution in [0.15, 0.2) is 12.4 Å². The zero-order valence-corrected chi connectivity index (χ0v) is 8.32. The topological polar surface area (TPSA) is 42.7 Å². The maximum absolute atomic E-state index is 4.21. The van der Waals surface area contributed by atoms with Crippen LogP contribution in [-0.4, -0.2) is 28.1 Å². The van der Waals surface area contributed by atoms with Crippen molar-refractivity contribution in [1.29, 1.82) is 0 Å². The summed E-state index contributed by atoms with van der Waals surface area (Å²) in [6, 6.07) is 0.572. The monoisotopic (exact) mass is 192 g/mol. The molecule has 0 bridgehead atoms. The Labute approximate surface area is 83.7 Å². The zero-order chi connectivity index (χ0) is 9.43. The van der Waals surface area contributed by atoms with E-state index in [0.29, 0.717) is 11.5 Å². The Morgan fingerprint density at radius 1 is 1.14 bits per heavy atom. The molecule has 3 rings (SSSR count). The van der Waals surface area contributed by atoms with Crippen molar-refractivity contribution in [2.45, 2.75) is 31.7 Å². The minimum atomic E-state index is 0.572. The van der Waals surface area contributed by atoms with E-state index in [1.54, 1.807) is 12.4 Å². The maximum atomic E-state index is 4.21. The molecule has 4 nitrogen and oxygen atoms in total. The van der Waals surface area contributed by atoms with E-state index in [4.69, 9.17) is 0 Å². The Balaban J connectivity index is 1.65. The summed E-state index contributed by atoms with van der Waals surface area (Å²) in [7, 11) is 0. The van der Waals surface area contributed by atoms with Gasteiger partial charge in [0.05, 0.1) is 18.4 Å². The third-order valence-electron chi connectivity index (χ3n) is 3.76. The number of aromatic nitrogens is 3. The third-order valence-corrected chi connectivity index (χ3v) is 3.76. The number of nitrogens with zero attached hydrogens (tertiary/aromatic N) is 3. The van der Waals surface area contributed by atoms with E-state index in [2.05, 4.69) is 15.5 Å². The molecule has 1 saturated heterocycles. The molecule has 0 atom stereocenters. The van der Waals surface area contributed by atoms with Gasteiger partial charge in [0.25, 0.3) is 0 Å². The molecule has 2 aliphatic rings. The number of rotatable bonds is 1. The molecule has 0 amide bonds. The molecule has 2 heterocycles. The molecular weight excluding hydrogens is 176 g/mol. The van der Waals surface area contributed by atoms with Gasteiger partial charge in [0.15, 0.2) is 0 Å². The van der Waals surface area contributed by atoms with Crippen LogP contribution in [0.2, 0.25) is 0 Å². The van der Waals surface area contributed by atoms with Crippen molar-refractivity contribution in [3.05, 3.63) is 12.4 Å². The summed E-state index contributed by atoms with van der Waals surface area (Å²) in [5.74, 6) is 0. The second-order valence-electron chi connectivity index (χ2n) is 4.66. The first-order chi connectivity index (χ1) is 6.88. The predicted molar refractivity (Wildman–Crippen MR) is 52.8 cm³/mol. The van der Waals surface area contributed by atoms with Gasteiger partial charge in [-0.1, -0.05) is 0 Å². The fourth-order valence-corrected chi connectivity index (χ4v) is 2.88. The van der Waals surface area contributed by atoms with Crippen LogP contribution in [0.1, 0.15) is 31.7 Å². The van der Waals surface area contributed by atoms with Gasteiger partial charge >= 0.3 is 0 Å². The summed E-state index contributed by atoms with van der Waals surface area (Å²) < 4.78 is 0. The first kappa shape index (κ1) is 8.41. The molecule has 14 heavy (non-hydrogen) atoms. The molecule has 1 spiro atoms. The van der Waals surface area contributed by atoms with E-state index in [9.17, 15) is 0 Å². The molecule has 1 aromatic rings. The Morgan fingerprint density at radius 3 is 2.43 bits per heavy atom. The summed E-state index contributed by atoms with van der Waals surface area (Å²) in [6.07, 6.45) is 8.78. The largest absolute Gasteiger partial charge is 0.317 e. The molecule has 1 saturated carbocycles. The highest BCUT2D eigenvalue weighted by Crippen LogP contribution is 2.53. The molecule has 1 aromatic heterocycles. The number of hydrogen-bond donors (Lipinski definition) is 1. The van der Waals surface area contributed by atoms with Crippen molar-refractivity contribution in [2.75, 3.05) is 13.1 Å². The van der Waals surface area contributed by atoms with Gasteiger partial charge in [0.1, 0.15) is 0 Å². The van der Waals surface area contributed by atoms with Crippen molar-refractivity contribution in [3.63, 3.8) is 0 Å². The molecule has 4 heteroatoms. The molecular formula is C10H16N4. The van der Waals surface area contributed by atoms with E-state index in [1.165, 1.54) is 38.8 Å². The smallest absolute Gasteiger partial charge is 0.0727 e. The van der Waals surface area contributed by atoms with Crippen molar-refractivity contribution in [3.8, 4) is 0 Å². The van der Waals surface area contributed by atoms with Crippen LogP contribution in [0, 0.1) is 5.41 Å². The Morgan fingerprint density at radius 2 is 1.79 bits per heavy atom. The molecule has 2 fully saturated rings. The van der Waals surface area contributed by atoms with Gasteiger partial charge in [-0.05, 0) is 44.2 Å². The number of hydrogen-bond acceptors (Lipinski definition) is 3. The minimum absolute atomic E-state index is 0.572. The van der Waals surface area contributed by atoms with Gasteiger partial charge in [-0.25, -0.2) is 0 Å². The lowest BCUT2D eigenvalue weighted by Gasteiger charge is -2.49. The van der Waals surface area contributed by atoms with Crippen LogP contribution < -0.4 is 5.32 Å². The molecule has 1 aliphatic carbocycles. The van der Waals surface area contributed by atoms with Gasteiger partial charge in [-0.15, -0.1) is 0 Å². The Bertz CT molecular complexity index is 292. The highest BCUT2D eigenvalue weighted by atomic mass is 15.5. The van der Waals surface area contributed by atoms with Crippen molar-refractivity contribution < 1.29 is 0 Å². The lowest BCUT2D eigenvalue weighted by molar-refractivity contribution is 0.0161. The van der Waals surface area contributed by atoms with Gasteiger partial charge in [0.2, 0.25) is 0 Å². The third kappa shape index (κ3) is 1.25. The summed E-state index contributed by atoms with van der Waals surface area (Å²) in [6.45, 7) is 2.39. The quantitative estimate of drug-likeness (QED) is 0.721. The molecule has 0 radical (unpaired) electrons. The molecule has 0 unspecified atom stereocenters. The summed E-state index contributed by atoms with van der Waals surface area (Å²) in [5.41, 5.74) is 0.629. The Hall–Kier alpha value is -0.900. The van der Waals surface area contributed by atoms with Gasteiger partial charge in [0, 0.05) is 0 Å². The normalized spacial score (nSPS) is 26.3. The minimum Gasteiger partial charge on any atom is -0.317 e. The van der Waals surface area contributed by atoms with E-state index >= 15 is 0 Å². The van der Waals surface area contributed by atoms with E-state index in [-0.39, 0.29) is 0 Å². The van der Waals surface area contributed by atoms with Crippen LogP contribution in [0.3, 0.4) is 0 Å². The Kier molecular flexibility index (Phi) is 1.83. The highest BCUT2D eigenvalue weighted by Gasteiger charge is 2.45. The second-order valence-corrected chi connectivity index (χ2v) is 4.66. The lowest BCUT2D eigenvalue weighted by atomic mass is 9.61. The zero-order valence-electron chi connectivity index (χ0n) is 8.32. The molecule has 1 aliphatic heterocycles. The van der Waals surface area contributed by atoms with Crippen LogP contribution in [0.5, 0.6) is 0 Å². The van der Waals surface area contributed by atoms with Crippen LogP contribution >= 0.6 is 0 Å². The number of piperidine rings is 1. The van der Waals surface area contributed by atoms with Crippen LogP contribution in [-0.2, 0) is 0 Å². The van der Waals surface area contributed by atoms with Gasteiger partial charge in [-0.2, -0.15) is 15.0 Å². The predicted octanol–water partition coefficient (Wildman–Crippen LogP) is 0.983.